The highest BCUT2D eigenvalue weighted by atomic mass is 35.5. The number of nitrogens with zero attached hydrogens (tertiary/aromatic N) is 1. The molecule has 0 aromatic heterocycles. The number of sulfonamides is 1. The molecule has 0 bridgehead atoms. The van der Waals surface area contributed by atoms with Gasteiger partial charge in [-0.1, -0.05) is 23.7 Å². The van der Waals surface area contributed by atoms with E-state index in [0.29, 0.717) is 22.3 Å². The van der Waals surface area contributed by atoms with Crippen molar-refractivity contribution < 1.29 is 32.2 Å². The van der Waals surface area contributed by atoms with Gasteiger partial charge in [0.15, 0.2) is 17.6 Å². The molecular weight excluding hydrogens is 508 g/mol. The van der Waals surface area contributed by atoms with Gasteiger partial charge in [-0.15, -0.1) is 0 Å². The molecule has 0 spiro atoms. The zero-order valence-electron chi connectivity index (χ0n) is 19.2. The van der Waals surface area contributed by atoms with Crippen LogP contribution in [0.5, 0.6) is 23.0 Å². The Morgan fingerprint density at radius 1 is 1.06 bits per heavy atom. The minimum Gasteiger partial charge on any atom is -0.497 e. The van der Waals surface area contributed by atoms with Crippen LogP contribution in [0.15, 0.2) is 71.6 Å². The van der Waals surface area contributed by atoms with E-state index in [1.54, 1.807) is 30.3 Å². The average Bonchev–Trinajstić information content (AvgIpc) is 2.91. The Morgan fingerprint density at radius 3 is 2.56 bits per heavy atom. The van der Waals surface area contributed by atoms with Gasteiger partial charge in [0, 0.05) is 5.02 Å². The third-order valence-corrected chi connectivity index (χ3v) is 7.83. The Hall–Kier alpha value is -3.63. The van der Waals surface area contributed by atoms with Gasteiger partial charge in [0.05, 0.1) is 30.8 Å². The van der Waals surface area contributed by atoms with Crippen molar-refractivity contribution in [3.05, 3.63) is 71.8 Å². The fourth-order valence-corrected chi connectivity index (χ4v) is 5.59. The molecular formula is C25H23ClN2O7S. The van der Waals surface area contributed by atoms with Crippen LogP contribution < -0.4 is 28.6 Å². The van der Waals surface area contributed by atoms with E-state index in [9.17, 15) is 13.2 Å². The van der Waals surface area contributed by atoms with Crippen molar-refractivity contribution in [1.29, 1.82) is 0 Å². The molecule has 3 aromatic rings. The molecule has 3 aromatic carbocycles. The van der Waals surface area contributed by atoms with Gasteiger partial charge in [0.2, 0.25) is 0 Å². The largest absolute Gasteiger partial charge is 0.497 e. The van der Waals surface area contributed by atoms with Crippen LogP contribution in [-0.2, 0) is 14.8 Å². The normalized spacial score (nSPS) is 18.6. The van der Waals surface area contributed by atoms with Gasteiger partial charge < -0.3 is 24.3 Å². The lowest BCUT2D eigenvalue weighted by atomic mass is 10.2. The van der Waals surface area contributed by atoms with Crippen LogP contribution >= 0.6 is 11.6 Å². The second-order valence-electron chi connectivity index (χ2n) is 8.17. The highest BCUT2D eigenvalue weighted by molar-refractivity contribution is 7.92. The molecule has 0 aliphatic carbocycles. The average molecular weight is 531 g/mol. The Bertz CT molecular complexity index is 1380. The predicted octanol–water partition coefficient (Wildman–Crippen LogP) is 3.26. The number of fused-ring (bicyclic) bond motifs is 2. The van der Waals surface area contributed by atoms with E-state index in [1.807, 2.05) is 18.2 Å². The Balaban J connectivity index is 1.34. The predicted molar refractivity (Wildman–Crippen MR) is 133 cm³/mol. The molecule has 2 aliphatic rings. The highest BCUT2D eigenvalue weighted by Gasteiger charge is 2.38. The lowest BCUT2D eigenvalue weighted by Crippen LogP contribution is -2.52. The summed E-state index contributed by atoms with van der Waals surface area (Å²) in [6.07, 6.45) is -1.50. The quantitative estimate of drug-likeness (QED) is 0.521. The van der Waals surface area contributed by atoms with Crippen LogP contribution in [0.1, 0.15) is 0 Å². The number of anilines is 1. The number of carbonyl (C=O) groups is 1. The monoisotopic (exact) mass is 530 g/mol. The fraction of sp³-hybridized carbons (Fsp3) is 0.240. The summed E-state index contributed by atoms with van der Waals surface area (Å²) >= 11 is 6.15. The van der Waals surface area contributed by atoms with Gasteiger partial charge in [-0.2, -0.15) is 0 Å². The lowest BCUT2D eigenvalue weighted by Gasteiger charge is -2.35. The number of carbonyl (C=O) groups excluding carboxylic acids is 1. The van der Waals surface area contributed by atoms with Gasteiger partial charge in [0.25, 0.3) is 15.9 Å². The summed E-state index contributed by atoms with van der Waals surface area (Å²) in [6, 6.07) is 17.9. The zero-order chi connectivity index (χ0) is 25.3. The molecule has 11 heteroatoms. The first-order valence-corrected chi connectivity index (χ1v) is 13.0. The van der Waals surface area contributed by atoms with Crippen molar-refractivity contribution in [3.8, 4) is 23.0 Å². The summed E-state index contributed by atoms with van der Waals surface area (Å²) in [4.78, 5) is 13.1. The molecule has 2 aliphatic heterocycles. The van der Waals surface area contributed by atoms with Crippen molar-refractivity contribution in [1.82, 2.24) is 5.32 Å². The van der Waals surface area contributed by atoms with Crippen molar-refractivity contribution in [3.63, 3.8) is 0 Å². The van der Waals surface area contributed by atoms with Crippen molar-refractivity contribution >= 4 is 33.2 Å². The maximum Gasteiger partial charge on any atom is 0.264 e. The number of methoxy groups -OCH3 is 1. The molecule has 1 N–H and O–H groups in total. The van der Waals surface area contributed by atoms with Crippen molar-refractivity contribution in [2.75, 3.05) is 31.1 Å². The number of ether oxygens (including phenoxy) is 4. The molecule has 36 heavy (non-hydrogen) atoms. The molecule has 2 atom stereocenters. The minimum atomic E-state index is -4.04. The van der Waals surface area contributed by atoms with Crippen molar-refractivity contribution in [2.24, 2.45) is 0 Å². The molecule has 0 saturated carbocycles. The second-order valence-corrected chi connectivity index (χ2v) is 10.5. The number of halogens is 1. The topological polar surface area (TPSA) is 103 Å². The summed E-state index contributed by atoms with van der Waals surface area (Å²) < 4.78 is 50.8. The number of para-hydroxylation sites is 2. The molecule has 2 unspecified atom stereocenters. The third-order valence-electron chi connectivity index (χ3n) is 5.80. The number of hydrogen-bond acceptors (Lipinski definition) is 7. The molecule has 0 fully saturated rings. The molecule has 1 amide bonds. The van der Waals surface area contributed by atoms with Gasteiger partial charge in [-0.3, -0.25) is 9.10 Å². The van der Waals surface area contributed by atoms with E-state index in [-0.39, 0.29) is 36.0 Å². The van der Waals surface area contributed by atoms with Gasteiger partial charge in [0.1, 0.15) is 24.2 Å². The third kappa shape index (κ3) is 4.74. The number of benzene rings is 3. The Labute approximate surface area is 213 Å². The van der Waals surface area contributed by atoms with Gasteiger partial charge >= 0.3 is 0 Å². The molecule has 188 valence electrons. The van der Waals surface area contributed by atoms with Crippen LogP contribution in [0.4, 0.5) is 5.69 Å². The van der Waals surface area contributed by atoms with E-state index < -0.39 is 28.1 Å². The van der Waals surface area contributed by atoms with Crippen LogP contribution in [-0.4, -0.2) is 53.3 Å². The van der Waals surface area contributed by atoms with Crippen LogP contribution in [0.2, 0.25) is 5.02 Å². The van der Waals surface area contributed by atoms with E-state index >= 15 is 0 Å². The molecule has 9 nitrogen and oxygen atoms in total. The Kier molecular flexibility index (Phi) is 6.55. The number of amides is 1. The summed E-state index contributed by atoms with van der Waals surface area (Å²) in [5, 5.41) is 3.13. The van der Waals surface area contributed by atoms with E-state index in [1.165, 1.54) is 25.3 Å². The SMILES string of the molecule is COc1ccc(S(=O)(=O)N2CC(C(=O)NCC3COc4ccccc4O3)Oc3ccc(Cl)cc32)cc1. The number of rotatable bonds is 6. The van der Waals surface area contributed by atoms with E-state index in [0.717, 1.165) is 4.31 Å². The summed E-state index contributed by atoms with van der Waals surface area (Å²) in [5.74, 6) is 1.51. The molecule has 5 rings (SSSR count). The minimum absolute atomic E-state index is 0.0432. The second kappa shape index (κ2) is 9.79. The van der Waals surface area contributed by atoms with Gasteiger partial charge in [-0.25, -0.2) is 8.42 Å². The molecule has 0 radical (unpaired) electrons. The highest BCUT2D eigenvalue weighted by Crippen LogP contribution is 2.39. The standard InChI is InChI=1S/C25H23ClN2O7S/c1-32-17-7-9-19(10-8-17)36(30,31)28-14-24(35-21-11-6-16(26)12-20(21)28)25(29)27-13-18-15-33-22-4-2-3-5-23(22)34-18/h2-12,18,24H,13-15H2,1H3,(H,27,29). The molecule has 0 saturated heterocycles. The maximum atomic E-state index is 13.6. The maximum absolute atomic E-state index is 13.6. The van der Waals surface area contributed by atoms with Gasteiger partial charge in [-0.05, 0) is 54.6 Å². The van der Waals surface area contributed by atoms with Crippen molar-refractivity contribution in [2.45, 2.75) is 17.1 Å². The van der Waals surface area contributed by atoms with E-state index in [4.69, 9.17) is 30.5 Å². The smallest absolute Gasteiger partial charge is 0.264 e. The first-order chi connectivity index (χ1) is 17.3. The van der Waals surface area contributed by atoms with E-state index in [2.05, 4.69) is 5.32 Å². The first-order valence-electron chi connectivity index (χ1n) is 11.1. The summed E-state index contributed by atoms with van der Waals surface area (Å²) in [5.41, 5.74) is 0.253. The zero-order valence-corrected chi connectivity index (χ0v) is 20.8. The summed E-state index contributed by atoms with van der Waals surface area (Å²) in [7, 11) is -2.54. The van der Waals surface area contributed by atoms with Crippen LogP contribution in [0, 0.1) is 0 Å². The molecule has 2 heterocycles. The number of nitrogens with one attached hydrogen (secondary N) is 1. The van der Waals surface area contributed by atoms with Crippen LogP contribution in [0.25, 0.3) is 0 Å². The fourth-order valence-electron chi connectivity index (χ4n) is 3.96. The Morgan fingerprint density at radius 2 is 1.81 bits per heavy atom. The van der Waals surface area contributed by atoms with Crippen LogP contribution in [0.3, 0.4) is 0 Å². The number of hydrogen-bond donors (Lipinski definition) is 1. The first kappa shape index (κ1) is 24.1. The lowest BCUT2D eigenvalue weighted by molar-refractivity contribution is -0.128. The summed E-state index contributed by atoms with van der Waals surface area (Å²) in [6.45, 7) is 0.187.